The van der Waals surface area contributed by atoms with E-state index in [1.54, 1.807) is 6.20 Å². The molecule has 4 N–H and O–H groups in total. The molecule has 0 radical (unpaired) electrons. The molecule has 6 heteroatoms. The molecule has 78 valence electrons. The molecule has 0 unspecified atom stereocenters. The van der Waals surface area contributed by atoms with Crippen LogP contribution in [0.2, 0.25) is 0 Å². The van der Waals surface area contributed by atoms with Crippen molar-refractivity contribution in [1.82, 2.24) is 10.3 Å². The van der Waals surface area contributed by atoms with Gasteiger partial charge in [0.15, 0.2) is 5.13 Å². The van der Waals surface area contributed by atoms with E-state index in [9.17, 15) is 4.79 Å². The molecule has 1 rings (SSSR count). The fourth-order valence-electron chi connectivity index (χ4n) is 0.851. The van der Waals surface area contributed by atoms with E-state index < -0.39 is 0 Å². The van der Waals surface area contributed by atoms with E-state index in [0.717, 1.165) is 6.42 Å². The van der Waals surface area contributed by atoms with Crippen LogP contribution in [0.3, 0.4) is 0 Å². The van der Waals surface area contributed by atoms with Crippen LogP contribution in [0.5, 0.6) is 0 Å². The lowest BCUT2D eigenvalue weighted by molar-refractivity contribution is -0.119. The molecule has 0 saturated heterocycles. The summed E-state index contributed by atoms with van der Waals surface area (Å²) in [6.07, 6.45) is 2.51. The Labute approximate surface area is 86.7 Å². The minimum absolute atomic E-state index is 0.0272. The largest absolute Gasteiger partial charge is 0.389 e. The molecule has 1 aromatic rings. The van der Waals surface area contributed by atoms with Crippen molar-refractivity contribution in [1.29, 1.82) is 0 Å². The van der Waals surface area contributed by atoms with Crippen LogP contribution in [0.15, 0.2) is 6.20 Å². The van der Waals surface area contributed by atoms with E-state index in [0.29, 0.717) is 16.7 Å². The molecule has 0 saturated carbocycles. The van der Waals surface area contributed by atoms with Crippen LogP contribution in [-0.4, -0.2) is 24.0 Å². The highest BCUT2D eigenvalue weighted by atomic mass is 32.1. The molecule has 1 heterocycles. The highest BCUT2D eigenvalue weighted by Gasteiger charge is 2.01. The van der Waals surface area contributed by atoms with Crippen molar-refractivity contribution in [3.8, 4) is 0 Å². The summed E-state index contributed by atoms with van der Waals surface area (Å²) in [5.41, 5.74) is 5.48. The van der Waals surface area contributed by atoms with Gasteiger partial charge in [0.2, 0.25) is 5.91 Å². The quantitative estimate of drug-likeness (QED) is 0.672. The fraction of sp³-hybridized carbons (Fsp3) is 0.500. The van der Waals surface area contributed by atoms with E-state index in [1.807, 2.05) is 6.92 Å². The summed E-state index contributed by atoms with van der Waals surface area (Å²) in [7, 11) is 0. The maximum absolute atomic E-state index is 11.2. The topological polar surface area (TPSA) is 80.0 Å². The lowest BCUT2D eigenvalue weighted by atomic mass is 10.4. The predicted molar refractivity (Wildman–Crippen MR) is 58.3 cm³/mol. The van der Waals surface area contributed by atoms with Gasteiger partial charge in [-0.15, -0.1) is 0 Å². The van der Waals surface area contributed by atoms with E-state index in [1.165, 1.54) is 11.3 Å². The summed E-state index contributed by atoms with van der Waals surface area (Å²) >= 11 is 1.33. The Kier molecular flexibility index (Phi) is 4.18. The first-order chi connectivity index (χ1) is 6.72. The summed E-state index contributed by atoms with van der Waals surface area (Å²) < 4.78 is 0. The average molecular weight is 214 g/mol. The van der Waals surface area contributed by atoms with Crippen LogP contribution in [0.1, 0.15) is 13.3 Å². The summed E-state index contributed by atoms with van der Waals surface area (Å²) in [6, 6.07) is 0. The SMILES string of the molecule is CCCNC(=O)CNc1ncc(N)s1. The smallest absolute Gasteiger partial charge is 0.239 e. The molecule has 0 aliphatic carbocycles. The van der Waals surface area contributed by atoms with Crippen molar-refractivity contribution in [2.24, 2.45) is 0 Å². The number of nitrogens with one attached hydrogen (secondary N) is 2. The number of amides is 1. The van der Waals surface area contributed by atoms with Gasteiger partial charge in [0.1, 0.15) is 5.00 Å². The number of nitrogens with two attached hydrogens (primary N) is 1. The van der Waals surface area contributed by atoms with Gasteiger partial charge in [-0.1, -0.05) is 18.3 Å². The molecule has 0 aromatic carbocycles. The molecular formula is C8H14N4OS. The predicted octanol–water partition coefficient (Wildman–Crippen LogP) is 0.663. The molecule has 0 aliphatic heterocycles. The second kappa shape index (κ2) is 5.43. The maximum atomic E-state index is 11.2. The summed E-state index contributed by atoms with van der Waals surface area (Å²) in [6.45, 7) is 2.96. The Hall–Kier alpha value is -1.30. The van der Waals surface area contributed by atoms with Crippen LogP contribution >= 0.6 is 11.3 Å². The molecule has 0 spiro atoms. The number of hydrogen-bond donors (Lipinski definition) is 3. The lowest BCUT2D eigenvalue weighted by Gasteiger charge is -2.03. The lowest BCUT2D eigenvalue weighted by Crippen LogP contribution is -2.30. The number of carbonyl (C=O) groups is 1. The third kappa shape index (κ3) is 3.61. The van der Waals surface area contributed by atoms with Crippen LogP contribution in [-0.2, 0) is 4.79 Å². The maximum Gasteiger partial charge on any atom is 0.239 e. The van der Waals surface area contributed by atoms with Gasteiger partial charge in [0.05, 0.1) is 12.7 Å². The van der Waals surface area contributed by atoms with Crippen molar-refractivity contribution in [2.45, 2.75) is 13.3 Å². The van der Waals surface area contributed by atoms with Crippen LogP contribution < -0.4 is 16.4 Å². The minimum Gasteiger partial charge on any atom is -0.389 e. The summed E-state index contributed by atoms with van der Waals surface area (Å²) in [5, 5.41) is 6.96. The summed E-state index contributed by atoms with van der Waals surface area (Å²) in [4.78, 5) is 15.1. The number of rotatable bonds is 5. The number of thiazole rings is 1. The number of nitrogens with zero attached hydrogens (tertiary/aromatic N) is 1. The molecule has 14 heavy (non-hydrogen) atoms. The van der Waals surface area contributed by atoms with E-state index in [-0.39, 0.29) is 12.5 Å². The van der Waals surface area contributed by atoms with Gasteiger partial charge in [-0.3, -0.25) is 4.79 Å². The zero-order valence-corrected chi connectivity index (χ0v) is 8.86. The van der Waals surface area contributed by atoms with Crippen LogP contribution in [0.4, 0.5) is 10.1 Å². The molecular weight excluding hydrogens is 200 g/mol. The zero-order chi connectivity index (χ0) is 10.4. The normalized spacial score (nSPS) is 9.79. The first-order valence-corrected chi connectivity index (χ1v) is 5.26. The molecule has 0 atom stereocenters. The van der Waals surface area contributed by atoms with Gasteiger partial charge < -0.3 is 16.4 Å². The molecule has 0 aliphatic rings. The third-order valence-corrected chi connectivity index (χ3v) is 2.28. The number of carbonyl (C=O) groups excluding carboxylic acids is 1. The van der Waals surface area contributed by atoms with Gasteiger partial charge in [0, 0.05) is 6.54 Å². The van der Waals surface area contributed by atoms with Gasteiger partial charge in [-0.2, -0.15) is 0 Å². The molecule has 5 nitrogen and oxygen atoms in total. The second-order valence-electron chi connectivity index (χ2n) is 2.77. The van der Waals surface area contributed by atoms with Gasteiger partial charge in [0.25, 0.3) is 0 Å². The third-order valence-electron chi connectivity index (χ3n) is 1.50. The molecule has 0 fully saturated rings. The average Bonchev–Trinajstić information content (AvgIpc) is 2.58. The van der Waals surface area contributed by atoms with Crippen molar-refractivity contribution < 1.29 is 4.79 Å². The van der Waals surface area contributed by atoms with E-state index >= 15 is 0 Å². The van der Waals surface area contributed by atoms with Gasteiger partial charge in [-0.05, 0) is 6.42 Å². The zero-order valence-electron chi connectivity index (χ0n) is 8.04. The number of aromatic nitrogens is 1. The summed E-state index contributed by atoms with van der Waals surface area (Å²) in [5.74, 6) is -0.0272. The number of nitrogen functional groups attached to an aromatic ring is 1. The van der Waals surface area contributed by atoms with Gasteiger partial charge >= 0.3 is 0 Å². The van der Waals surface area contributed by atoms with Crippen molar-refractivity contribution >= 4 is 27.4 Å². The highest BCUT2D eigenvalue weighted by Crippen LogP contribution is 2.18. The highest BCUT2D eigenvalue weighted by molar-refractivity contribution is 7.19. The standard InChI is InChI=1S/C8H14N4OS/c1-2-3-10-7(13)5-12-8-11-4-6(9)14-8/h4H,2-3,5,9H2,1H3,(H,10,13)(H,11,12). The monoisotopic (exact) mass is 214 g/mol. The van der Waals surface area contributed by atoms with E-state index in [2.05, 4.69) is 15.6 Å². The first kappa shape index (κ1) is 10.8. The minimum atomic E-state index is -0.0272. The Balaban J connectivity index is 2.23. The van der Waals surface area contributed by atoms with Gasteiger partial charge in [-0.25, -0.2) is 4.98 Å². The Bertz CT molecular complexity index is 299. The Morgan fingerprint density at radius 2 is 2.50 bits per heavy atom. The van der Waals surface area contributed by atoms with Crippen molar-refractivity contribution in [3.05, 3.63) is 6.20 Å². The molecule has 1 aromatic heterocycles. The first-order valence-electron chi connectivity index (χ1n) is 4.44. The Morgan fingerprint density at radius 1 is 1.71 bits per heavy atom. The van der Waals surface area contributed by atoms with Crippen molar-refractivity contribution in [2.75, 3.05) is 24.1 Å². The van der Waals surface area contributed by atoms with Crippen LogP contribution in [0.25, 0.3) is 0 Å². The van der Waals surface area contributed by atoms with E-state index in [4.69, 9.17) is 5.73 Å². The number of anilines is 2. The second-order valence-corrected chi connectivity index (χ2v) is 3.83. The Morgan fingerprint density at radius 3 is 3.07 bits per heavy atom. The number of hydrogen-bond acceptors (Lipinski definition) is 5. The fourth-order valence-corrected chi connectivity index (χ4v) is 1.43. The molecule has 0 bridgehead atoms. The van der Waals surface area contributed by atoms with Crippen molar-refractivity contribution in [3.63, 3.8) is 0 Å². The van der Waals surface area contributed by atoms with Crippen LogP contribution in [0, 0.1) is 0 Å². The molecule has 1 amide bonds.